The lowest BCUT2D eigenvalue weighted by Gasteiger charge is -2.17. The molecule has 0 aliphatic rings. The molecule has 0 aromatic heterocycles. The highest BCUT2D eigenvalue weighted by Gasteiger charge is 2.15. The van der Waals surface area contributed by atoms with E-state index in [1.165, 1.54) is 16.3 Å². The molecule has 1 amide bonds. The van der Waals surface area contributed by atoms with Crippen molar-refractivity contribution in [3.05, 3.63) is 48.0 Å². The summed E-state index contributed by atoms with van der Waals surface area (Å²) in [6.45, 7) is 1.36. The van der Waals surface area contributed by atoms with Crippen LogP contribution in [-0.4, -0.2) is 25.5 Å². The Morgan fingerprint density at radius 1 is 1.08 bits per heavy atom. The van der Waals surface area contributed by atoms with Gasteiger partial charge in [0.2, 0.25) is 5.91 Å². The number of hydrogen-bond donors (Lipinski definition) is 3. The molecule has 0 radical (unpaired) electrons. The first-order chi connectivity index (χ1) is 10.7. The van der Waals surface area contributed by atoms with Crippen LogP contribution in [-0.2, 0) is 11.3 Å². The topological polar surface area (TPSA) is 67.2 Å². The summed E-state index contributed by atoms with van der Waals surface area (Å²) in [5.41, 5.74) is 6.71. The number of carbonyl (C=O) groups excluding carboxylic acids is 1. The van der Waals surface area contributed by atoms with Crippen LogP contribution in [0, 0.1) is 0 Å². The fourth-order valence-electron chi connectivity index (χ4n) is 2.58. The Bertz CT molecular complexity index is 622. The number of rotatable bonds is 8. The summed E-state index contributed by atoms with van der Waals surface area (Å²) in [5, 5.41) is 8.54. The van der Waals surface area contributed by atoms with Crippen LogP contribution < -0.4 is 16.4 Å². The third kappa shape index (κ3) is 6.65. The fraction of sp³-hybridized carbons (Fsp3) is 0.389. The second-order valence-electron chi connectivity index (χ2n) is 5.51. The molecule has 0 saturated carbocycles. The molecule has 0 spiro atoms. The maximum atomic E-state index is 11.9. The molecule has 2 aromatic carbocycles. The maximum absolute atomic E-state index is 11.9. The van der Waals surface area contributed by atoms with Gasteiger partial charge < -0.3 is 16.4 Å². The van der Waals surface area contributed by atoms with Crippen molar-refractivity contribution in [2.45, 2.75) is 31.8 Å². The number of fused-ring (bicyclic) bond motifs is 1. The van der Waals surface area contributed by atoms with E-state index in [1.807, 2.05) is 12.1 Å². The summed E-state index contributed by atoms with van der Waals surface area (Å²) in [4.78, 5) is 11.9. The highest BCUT2D eigenvalue weighted by Crippen LogP contribution is 2.15. The lowest BCUT2D eigenvalue weighted by molar-refractivity contribution is -0.122. The predicted molar refractivity (Wildman–Crippen MR) is 106 cm³/mol. The van der Waals surface area contributed by atoms with Crippen molar-refractivity contribution in [1.82, 2.24) is 10.6 Å². The molecule has 4 nitrogen and oxygen atoms in total. The van der Waals surface area contributed by atoms with Gasteiger partial charge >= 0.3 is 0 Å². The number of likely N-dealkylation sites (N-methyl/N-ethyl adjacent to an activating group) is 1. The van der Waals surface area contributed by atoms with Gasteiger partial charge in [0, 0.05) is 13.6 Å². The molecule has 24 heavy (non-hydrogen) atoms. The predicted octanol–water partition coefficient (Wildman–Crippen LogP) is 3.02. The third-order valence-corrected chi connectivity index (χ3v) is 3.88. The van der Waals surface area contributed by atoms with Gasteiger partial charge in [0.1, 0.15) is 0 Å². The standard InChI is InChI=1S/C18H25N3O.2ClH/c1-20-18(22)17(8-4-5-11-19)21-13-14-9-10-15-6-2-3-7-16(15)12-14;;/h2-3,6-7,9-10,12,17,21H,4-5,8,11,13,19H2,1H3,(H,20,22);2*1H/t17-;;/m0../s1. The zero-order valence-electron chi connectivity index (χ0n) is 14.0. The van der Waals surface area contributed by atoms with Crippen LogP contribution in [0.2, 0.25) is 0 Å². The molecule has 0 unspecified atom stereocenters. The Kier molecular flexibility index (Phi) is 11.4. The Morgan fingerprint density at radius 3 is 2.46 bits per heavy atom. The molecular formula is C18H27Cl2N3O. The van der Waals surface area contributed by atoms with E-state index in [0.717, 1.165) is 19.3 Å². The van der Waals surface area contributed by atoms with E-state index in [4.69, 9.17) is 5.73 Å². The largest absolute Gasteiger partial charge is 0.358 e. The summed E-state index contributed by atoms with van der Waals surface area (Å²) in [6.07, 6.45) is 2.72. The van der Waals surface area contributed by atoms with E-state index in [0.29, 0.717) is 13.1 Å². The van der Waals surface area contributed by atoms with Crippen molar-refractivity contribution >= 4 is 41.5 Å². The van der Waals surface area contributed by atoms with Crippen LogP contribution >= 0.6 is 24.8 Å². The Labute approximate surface area is 156 Å². The SMILES string of the molecule is CNC(=O)[C@H](CCCCN)NCc1ccc2ccccc2c1.Cl.Cl. The average molecular weight is 372 g/mol. The van der Waals surface area contributed by atoms with Crippen LogP contribution in [0.3, 0.4) is 0 Å². The molecule has 2 rings (SSSR count). The van der Waals surface area contributed by atoms with Crippen molar-refractivity contribution in [1.29, 1.82) is 0 Å². The number of nitrogens with two attached hydrogens (primary N) is 1. The van der Waals surface area contributed by atoms with Crippen LogP contribution in [0.25, 0.3) is 10.8 Å². The number of unbranched alkanes of at least 4 members (excludes halogenated alkanes) is 1. The summed E-state index contributed by atoms with van der Waals surface area (Å²) >= 11 is 0. The van der Waals surface area contributed by atoms with E-state index in [9.17, 15) is 4.79 Å². The first-order valence-electron chi connectivity index (χ1n) is 7.87. The van der Waals surface area contributed by atoms with Crippen molar-refractivity contribution in [3.8, 4) is 0 Å². The van der Waals surface area contributed by atoms with Crippen molar-refractivity contribution < 1.29 is 4.79 Å². The minimum absolute atomic E-state index is 0. The van der Waals surface area contributed by atoms with E-state index < -0.39 is 0 Å². The number of hydrogen-bond acceptors (Lipinski definition) is 3. The lowest BCUT2D eigenvalue weighted by Crippen LogP contribution is -2.42. The van der Waals surface area contributed by atoms with E-state index in [-0.39, 0.29) is 36.8 Å². The molecule has 0 aliphatic heterocycles. The third-order valence-electron chi connectivity index (χ3n) is 3.88. The summed E-state index contributed by atoms with van der Waals surface area (Å²) in [5.74, 6) is 0.0396. The molecule has 0 fully saturated rings. The van der Waals surface area contributed by atoms with Gasteiger partial charge in [-0.25, -0.2) is 0 Å². The van der Waals surface area contributed by atoms with Crippen LogP contribution in [0.1, 0.15) is 24.8 Å². The summed E-state index contributed by atoms with van der Waals surface area (Å²) in [7, 11) is 1.68. The highest BCUT2D eigenvalue weighted by atomic mass is 35.5. The highest BCUT2D eigenvalue weighted by molar-refractivity contribution is 5.85. The number of amides is 1. The Morgan fingerprint density at radius 2 is 1.79 bits per heavy atom. The Hall–Kier alpha value is -1.33. The van der Waals surface area contributed by atoms with Gasteiger partial charge in [0.25, 0.3) is 0 Å². The number of carbonyl (C=O) groups is 1. The van der Waals surface area contributed by atoms with Crippen LogP contribution in [0.15, 0.2) is 42.5 Å². The zero-order valence-corrected chi connectivity index (χ0v) is 15.6. The number of halogens is 2. The normalized spacial score (nSPS) is 11.2. The molecule has 0 bridgehead atoms. The second-order valence-corrected chi connectivity index (χ2v) is 5.51. The molecule has 6 heteroatoms. The van der Waals surface area contributed by atoms with Crippen molar-refractivity contribution in [2.24, 2.45) is 5.73 Å². The van der Waals surface area contributed by atoms with E-state index in [1.54, 1.807) is 7.05 Å². The number of nitrogens with one attached hydrogen (secondary N) is 2. The van der Waals surface area contributed by atoms with Gasteiger partial charge in [-0.05, 0) is 41.8 Å². The smallest absolute Gasteiger partial charge is 0.236 e. The average Bonchev–Trinajstić information content (AvgIpc) is 2.57. The van der Waals surface area contributed by atoms with Gasteiger partial charge in [0.05, 0.1) is 6.04 Å². The maximum Gasteiger partial charge on any atom is 0.236 e. The first kappa shape index (κ1) is 22.7. The van der Waals surface area contributed by atoms with E-state index >= 15 is 0 Å². The summed E-state index contributed by atoms with van der Waals surface area (Å²) in [6, 6.07) is 14.5. The van der Waals surface area contributed by atoms with Crippen molar-refractivity contribution in [2.75, 3.05) is 13.6 Å². The van der Waals surface area contributed by atoms with Gasteiger partial charge in [-0.1, -0.05) is 42.8 Å². The van der Waals surface area contributed by atoms with Gasteiger partial charge in [-0.15, -0.1) is 24.8 Å². The quantitative estimate of drug-likeness (QED) is 0.624. The molecule has 134 valence electrons. The van der Waals surface area contributed by atoms with Gasteiger partial charge in [0.15, 0.2) is 0 Å². The molecule has 0 saturated heterocycles. The molecule has 0 heterocycles. The molecule has 0 aliphatic carbocycles. The second kappa shape index (κ2) is 12.1. The van der Waals surface area contributed by atoms with Crippen LogP contribution in [0.4, 0.5) is 0 Å². The van der Waals surface area contributed by atoms with Crippen LogP contribution in [0.5, 0.6) is 0 Å². The molecular weight excluding hydrogens is 345 g/mol. The molecule has 2 aromatic rings. The number of benzene rings is 2. The van der Waals surface area contributed by atoms with Gasteiger partial charge in [-0.2, -0.15) is 0 Å². The van der Waals surface area contributed by atoms with Crippen molar-refractivity contribution in [3.63, 3.8) is 0 Å². The monoisotopic (exact) mass is 371 g/mol. The summed E-state index contributed by atoms with van der Waals surface area (Å²) < 4.78 is 0. The Balaban J connectivity index is 0.00000264. The zero-order chi connectivity index (χ0) is 15.8. The first-order valence-corrected chi connectivity index (χ1v) is 7.87. The van der Waals surface area contributed by atoms with E-state index in [2.05, 4.69) is 41.0 Å². The minimum atomic E-state index is -0.164. The van der Waals surface area contributed by atoms with Gasteiger partial charge in [-0.3, -0.25) is 4.79 Å². The molecule has 1 atom stereocenters. The fourth-order valence-corrected chi connectivity index (χ4v) is 2.58. The minimum Gasteiger partial charge on any atom is -0.358 e. The molecule has 4 N–H and O–H groups in total. The lowest BCUT2D eigenvalue weighted by atomic mass is 10.1.